The molecule has 1 heterocycles. The van der Waals surface area contributed by atoms with Gasteiger partial charge in [0.25, 0.3) is 0 Å². The Hall–Kier alpha value is -0.410. The maximum absolute atomic E-state index is 6.04. The molecule has 0 fully saturated rings. The van der Waals surface area contributed by atoms with E-state index in [0.717, 1.165) is 16.6 Å². The number of halogens is 1. The first-order valence-electron chi connectivity index (χ1n) is 5.11. The van der Waals surface area contributed by atoms with Crippen molar-refractivity contribution in [3.8, 4) is 0 Å². The molecule has 1 unspecified atom stereocenters. The van der Waals surface area contributed by atoms with Gasteiger partial charge in [-0.2, -0.15) is 0 Å². The smallest absolute Gasteiger partial charge is 0.0712 e. The topological polar surface area (TPSA) is 38.9 Å². The van der Waals surface area contributed by atoms with E-state index in [4.69, 9.17) is 5.73 Å². The van der Waals surface area contributed by atoms with Crippen LogP contribution in [0, 0.1) is 0 Å². The number of hydrogen-bond donors (Lipinski definition) is 1. The Morgan fingerprint density at radius 2 is 2.29 bits per heavy atom. The summed E-state index contributed by atoms with van der Waals surface area (Å²) in [6, 6.07) is 3.96. The summed E-state index contributed by atoms with van der Waals surface area (Å²) in [5, 5.41) is 0. The van der Waals surface area contributed by atoms with Gasteiger partial charge >= 0.3 is 0 Å². The minimum Gasteiger partial charge on any atom is -0.323 e. The van der Waals surface area contributed by atoms with E-state index in [-0.39, 0.29) is 6.04 Å². The molecule has 78 valence electrons. The van der Waals surface area contributed by atoms with Crippen molar-refractivity contribution >= 4 is 15.9 Å². The highest BCUT2D eigenvalue weighted by Crippen LogP contribution is 2.22. The molecule has 0 saturated carbocycles. The molecular weight excluding hydrogens is 240 g/mol. The molecule has 0 bridgehead atoms. The molecule has 0 aliphatic carbocycles. The summed E-state index contributed by atoms with van der Waals surface area (Å²) in [5.41, 5.74) is 7.02. The summed E-state index contributed by atoms with van der Waals surface area (Å²) in [6.45, 7) is 2.20. The number of unbranched alkanes of at least 4 members (excludes halogenated alkanes) is 2. The molecular formula is C11H17BrN2. The average molecular weight is 257 g/mol. The standard InChI is InChI=1S/C11H17BrN2/c1-2-3-4-7-10(13)11-9(12)6-5-8-14-11/h5-6,8,10H,2-4,7,13H2,1H3. The third-order valence-corrected chi connectivity index (χ3v) is 2.93. The molecule has 0 saturated heterocycles. The van der Waals surface area contributed by atoms with Crippen molar-refractivity contribution in [2.75, 3.05) is 0 Å². The van der Waals surface area contributed by atoms with Gasteiger partial charge in [-0.1, -0.05) is 26.2 Å². The third kappa shape index (κ3) is 3.39. The Morgan fingerprint density at radius 3 is 2.93 bits per heavy atom. The number of nitrogens with zero attached hydrogens (tertiary/aromatic N) is 1. The Bertz CT molecular complexity index is 276. The maximum Gasteiger partial charge on any atom is 0.0712 e. The molecule has 0 radical (unpaired) electrons. The summed E-state index contributed by atoms with van der Waals surface area (Å²) in [4.78, 5) is 4.29. The molecule has 14 heavy (non-hydrogen) atoms. The molecule has 0 aromatic carbocycles. The van der Waals surface area contributed by atoms with Crippen LogP contribution in [0.3, 0.4) is 0 Å². The fourth-order valence-electron chi connectivity index (χ4n) is 1.42. The monoisotopic (exact) mass is 256 g/mol. The van der Waals surface area contributed by atoms with Gasteiger partial charge in [-0.15, -0.1) is 0 Å². The van der Waals surface area contributed by atoms with Crippen molar-refractivity contribution in [2.45, 2.75) is 38.6 Å². The summed E-state index contributed by atoms with van der Waals surface area (Å²) in [5.74, 6) is 0. The quantitative estimate of drug-likeness (QED) is 0.821. The second-order valence-electron chi connectivity index (χ2n) is 3.47. The van der Waals surface area contributed by atoms with Gasteiger partial charge < -0.3 is 5.73 Å². The van der Waals surface area contributed by atoms with Gasteiger partial charge in [-0.25, -0.2) is 0 Å². The van der Waals surface area contributed by atoms with Crippen LogP contribution >= 0.6 is 15.9 Å². The first-order chi connectivity index (χ1) is 6.75. The minimum atomic E-state index is 0.0668. The van der Waals surface area contributed by atoms with Crippen LogP contribution in [0.2, 0.25) is 0 Å². The molecule has 2 nitrogen and oxygen atoms in total. The van der Waals surface area contributed by atoms with E-state index in [1.54, 1.807) is 6.20 Å². The minimum absolute atomic E-state index is 0.0668. The highest BCUT2D eigenvalue weighted by atomic mass is 79.9. The zero-order valence-electron chi connectivity index (χ0n) is 8.54. The first-order valence-corrected chi connectivity index (χ1v) is 5.91. The molecule has 0 amide bonds. The molecule has 0 aliphatic rings. The predicted molar refractivity (Wildman–Crippen MR) is 63.0 cm³/mol. The van der Waals surface area contributed by atoms with E-state index in [1.165, 1.54) is 19.3 Å². The summed E-state index contributed by atoms with van der Waals surface area (Å²) in [7, 11) is 0. The largest absolute Gasteiger partial charge is 0.323 e. The Balaban J connectivity index is 2.51. The molecule has 1 aromatic rings. The van der Waals surface area contributed by atoms with Gasteiger partial charge in [0.05, 0.1) is 5.69 Å². The van der Waals surface area contributed by atoms with E-state index in [1.807, 2.05) is 12.1 Å². The second-order valence-corrected chi connectivity index (χ2v) is 4.33. The van der Waals surface area contributed by atoms with E-state index in [2.05, 4.69) is 27.8 Å². The maximum atomic E-state index is 6.04. The van der Waals surface area contributed by atoms with Crippen LogP contribution in [0.1, 0.15) is 44.3 Å². The van der Waals surface area contributed by atoms with Crippen LogP contribution in [0.5, 0.6) is 0 Å². The zero-order valence-corrected chi connectivity index (χ0v) is 10.1. The Kier molecular flexibility index (Phi) is 5.12. The fraction of sp³-hybridized carbons (Fsp3) is 0.545. The van der Waals surface area contributed by atoms with Gasteiger partial charge in [0.2, 0.25) is 0 Å². The van der Waals surface area contributed by atoms with Crippen LogP contribution in [-0.2, 0) is 0 Å². The van der Waals surface area contributed by atoms with E-state index >= 15 is 0 Å². The summed E-state index contributed by atoms with van der Waals surface area (Å²) < 4.78 is 1.02. The normalized spacial score (nSPS) is 12.8. The number of nitrogens with two attached hydrogens (primary N) is 1. The SMILES string of the molecule is CCCCCC(N)c1ncccc1Br. The number of hydrogen-bond acceptors (Lipinski definition) is 2. The lowest BCUT2D eigenvalue weighted by Gasteiger charge is -2.11. The van der Waals surface area contributed by atoms with Crippen molar-refractivity contribution in [2.24, 2.45) is 5.73 Å². The number of pyridine rings is 1. The van der Waals surface area contributed by atoms with Crippen molar-refractivity contribution in [1.29, 1.82) is 0 Å². The van der Waals surface area contributed by atoms with Crippen LogP contribution in [-0.4, -0.2) is 4.98 Å². The molecule has 1 rings (SSSR count). The number of rotatable bonds is 5. The average Bonchev–Trinajstić information content (AvgIpc) is 2.18. The van der Waals surface area contributed by atoms with Gasteiger partial charge in [-0.3, -0.25) is 4.98 Å². The molecule has 1 atom stereocenters. The Labute approximate surface area is 94.0 Å². The van der Waals surface area contributed by atoms with Gasteiger partial charge in [-0.05, 0) is 34.5 Å². The highest BCUT2D eigenvalue weighted by molar-refractivity contribution is 9.10. The molecule has 0 aliphatic heterocycles. The van der Waals surface area contributed by atoms with E-state index in [9.17, 15) is 0 Å². The fourth-order valence-corrected chi connectivity index (χ4v) is 1.97. The predicted octanol–water partition coefficient (Wildman–Crippen LogP) is 3.42. The van der Waals surface area contributed by atoms with Crippen LogP contribution in [0.25, 0.3) is 0 Å². The van der Waals surface area contributed by atoms with Crippen molar-refractivity contribution in [1.82, 2.24) is 4.98 Å². The van der Waals surface area contributed by atoms with Crippen LogP contribution in [0.15, 0.2) is 22.8 Å². The molecule has 1 aromatic heterocycles. The molecule has 3 heteroatoms. The second kappa shape index (κ2) is 6.14. The van der Waals surface area contributed by atoms with Gasteiger partial charge in [0, 0.05) is 16.7 Å². The van der Waals surface area contributed by atoms with Crippen LogP contribution in [0.4, 0.5) is 0 Å². The summed E-state index contributed by atoms with van der Waals surface area (Å²) >= 11 is 3.46. The van der Waals surface area contributed by atoms with Crippen LogP contribution < -0.4 is 5.73 Å². The lowest BCUT2D eigenvalue weighted by molar-refractivity contribution is 0.569. The third-order valence-electron chi connectivity index (χ3n) is 2.26. The lowest BCUT2D eigenvalue weighted by atomic mass is 10.1. The first kappa shape index (κ1) is 11.7. The van der Waals surface area contributed by atoms with Gasteiger partial charge in [0.15, 0.2) is 0 Å². The van der Waals surface area contributed by atoms with Crippen molar-refractivity contribution in [3.63, 3.8) is 0 Å². The summed E-state index contributed by atoms with van der Waals surface area (Å²) in [6.07, 6.45) is 6.47. The van der Waals surface area contributed by atoms with Crippen molar-refractivity contribution in [3.05, 3.63) is 28.5 Å². The molecule has 2 N–H and O–H groups in total. The molecule has 0 spiro atoms. The number of aromatic nitrogens is 1. The van der Waals surface area contributed by atoms with Crippen molar-refractivity contribution < 1.29 is 0 Å². The highest BCUT2D eigenvalue weighted by Gasteiger charge is 2.09. The zero-order chi connectivity index (χ0) is 10.4. The lowest BCUT2D eigenvalue weighted by Crippen LogP contribution is -2.12. The van der Waals surface area contributed by atoms with Gasteiger partial charge in [0.1, 0.15) is 0 Å². The van der Waals surface area contributed by atoms with E-state index in [0.29, 0.717) is 0 Å². The Morgan fingerprint density at radius 1 is 1.50 bits per heavy atom. The van der Waals surface area contributed by atoms with E-state index < -0.39 is 0 Å².